The van der Waals surface area contributed by atoms with Gasteiger partial charge in [-0.2, -0.15) is 0 Å². The molecule has 2 aromatic carbocycles. The number of carbonyl (C=O) groups is 1. The first-order valence-corrected chi connectivity index (χ1v) is 8.21. The fourth-order valence-electron chi connectivity index (χ4n) is 2.01. The Labute approximate surface area is 153 Å². The van der Waals surface area contributed by atoms with E-state index in [1.807, 2.05) is 0 Å². The summed E-state index contributed by atoms with van der Waals surface area (Å²) in [5, 5.41) is 3.38. The molecule has 1 amide bonds. The van der Waals surface area contributed by atoms with Crippen molar-refractivity contribution in [3.8, 4) is 5.75 Å². The molecule has 4 nitrogen and oxygen atoms in total. The van der Waals surface area contributed by atoms with Crippen molar-refractivity contribution in [2.45, 2.75) is 6.36 Å². The molecule has 3 rings (SSSR count). The average Bonchev–Trinajstić information content (AvgIpc) is 2.85. The zero-order valence-electron chi connectivity index (χ0n) is 12.0. The lowest BCUT2D eigenvalue weighted by molar-refractivity contribution is -0.274. The summed E-state index contributed by atoms with van der Waals surface area (Å²) in [7, 11) is 0. The van der Waals surface area contributed by atoms with Gasteiger partial charge >= 0.3 is 6.36 Å². The number of nitrogens with zero attached hydrogens (tertiary/aromatic N) is 1. The van der Waals surface area contributed by atoms with Crippen molar-refractivity contribution in [2.75, 3.05) is 5.32 Å². The van der Waals surface area contributed by atoms with Gasteiger partial charge in [-0.05, 0) is 30.3 Å². The van der Waals surface area contributed by atoms with Crippen LogP contribution in [-0.2, 0) is 0 Å². The lowest BCUT2D eigenvalue weighted by atomic mass is 10.2. The highest BCUT2D eigenvalue weighted by atomic mass is 35.5. The van der Waals surface area contributed by atoms with Crippen LogP contribution in [0.15, 0.2) is 36.4 Å². The van der Waals surface area contributed by atoms with E-state index in [0.717, 1.165) is 17.4 Å². The molecule has 0 radical (unpaired) electrons. The zero-order chi connectivity index (χ0) is 18.2. The van der Waals surface area contributed by atoms with Gasteiger partial charge < -0.3 is 4.74 Å². The van der Waals surface area contributed by atoms with Crippen LogP contribution in [0.2, 0.25) is 10.0 Å². The number of halogens is 5. The maximum atomic E-state index is 12.3. The minimum Gasteiger partial charge on any atom is -0.406 e. The fourth-order valence-corrected chi connectivity index (χ4v) is 3.43. The minimum absolute atomic E-state index is 0.222. The topological polar surface area (TPSA) is 51.2 Å². The molecule has 0 fully saturated rings. The van der Waals surface area contributed by atoms with Gasteiger partial charge in [0.25, 0.3) is 5.91 Å². The predicted octanol–water partition coefficient (Wildman–Crippen LogP) is 5.75. The fraction of sp³-hybridized carbons (Fsp3) is 0.0667. The molecule has 0 atom stereocenters. The maximum absolute atomic E-state index is 12.3. The number of fused-ring (bicyclic) bond motifs is 1. The molecule has 1 heterocycles. The minimum atomic E-state index is -4.78. The Bertz CT molecular complexity index is 939. The van der Waals surface area contributed by atoms with Crippen LogP contribution in [0, 0.1) is 0 Å². The van der Waals surface area contributed by atoms with Gasteiger partial charge in [-0.15, -0.1) is 13.2 Å². The molecular weight excluding hydrogens is 400 g/mol. The summed E-state index contributed by atoms with van der Waals surface area (Å²) < 4.78 is 41.1. The first-order valence-electron chi connectivity index (χ1n) is 6.63. The Balaban J connectivity index is 1.83. The molecule has 0 saturated heterocycles. The van der Waals surface area contributed by atoms with E-state index in [4.69, 9.17) is 23.2 Å². The largest absolute Gasteiger partial charge is 0.573 e. The second-order valence-electron chi connectivity index (χ2n) is 4.81. The normalized spacial score (nSPS) is 11.6. The number of amides is 1. The van der Waals surface area contributed by atoms with Crippen molar-refractivity contribution in [2.24, 2.45) is 0 Å². The van der Waals surface area contributed by atoms with Crippen LogP contribution in [0.25, 0.3) is 10.2 Å². The van der Waals surface area contributed by atoms with Crippen molar-refractivity contribution >= 4 is 55.8 Å². The number of nitrogens with one attached hydrogen (secondary N) is 1. The number of carbonyl (C=O) groups excluding carboxylic acids is 1. The third kappa shape index (κ3) is 4.53. The lowest BCUT2D eigenvalue weighted by Gasteiger charge is -2.07. The van der Waals surface area contributed by atoms with Gasteiger partial charge in [0, 0.05) is 21.7 Å². The van der Waals surface area contributed by atoms with Gasteiger partial charge in [0.2, 0.25) is 0 Å². The number of hydrogen-bond acceptors (Lipinski definition) is 4. The van der Waals surface area contributed by atoms with E-state index in [1.54, 1.807) is 0 Å². The van der Waals surface area contributed by atoms with Crippen molar-refractivity contribution in [1.82, 2.24) is 4.98 Å². The number of alkyl halides is 3. The van der Waals surface area contributed by atoms with Gasteiger partial charge in [-0.25, -0.2) is 4.98 Å². The van der Waals surface area contributed by atoms with Gasteiger partial charge in [-0.1, -0.05) is 34.5 Å². The molecule has 0 aliphatic heterocycles. The summed E-state index contributed by atoms with van der Waals surface area (Å²) in [4.78, 5) is 16.4. The molecule has 0 bridgehead atoms. The van der Waals surface area contributed by atoms with Crippen molar-refractivity contribution in [3.63, 3.8) is 0 Å². The Morgan fingerprint density at radius 3 is 2.44 bits per heavy atom. The molecule has 10 heteroatoms. The van der Waals surface area contributed by atoms with Crippen molar-refractivity contribution < 1.29 is 22.7 Å². The summed E-state index contributed by atoms with van der Waals surface area (Å²) in [5.41, 5.74) is 0.664. The molecule has 0 unspecified atom stereocenters. The molecule has 0 aliphatic carbocycles. The number of hydrogen-bond donors (Lipinski definition) is 1. The highest BCUT2D eigenvalue weighted by Crippen LogP contribution is 2.32. The Morgan fingerprint density at radius 2 is 1.80 bits per heavy atom. The summed E-state index contributed by atoms with van der Waals surface area (Å²) in [6.07, 6.45) is -4.78. The maximum Gasteiger partial charge on any atom is 0.573 e. The van der Waals surface area contributed by atoms with Crippen molar-refractivity contribution in [3.05, 3.63) is 52.0 Å². The first kappa shape index (κ1) is 17.8. The van der Waals surface area contributed by atoms with Crippen molar-refractivity contribution in [1.29, 1.82) is 0 Å². The molecule has 25 heavy (non-hydrogen) atoms. The zero-order valence-corrected chi connectivity index (χ0v) is 14.4. The third-order valence-corrected chi connectivity index (χ3v) is 4.31. The molecule has 1 N–H and O–H groups in total. The quantitative estimate of drug-likeness (QED) is 0.601. The molecule has 0 spiro atoms. The van der Waals surface area contributed by atoms with Gasteiger partial charge in [0.05, 0.1) is 10.2 Å². The smallest absolute Gasteiger partial charge is 0.406 e. The lowest BCUT2D eigenvalue weighted by Crippen LogP contribution is -2.16. The second-order valence-corrected chi connectivity index (χ2v) is 6.71. The van der Waals surface area contributed by atoms with E-state index >= 15 is 0 Å². The molecule has 0 aliphatic rings. The van der Waals surface area contributed by atoms with E-state index in [0.29, 0.717) is 20.3 Å². The molecular formula is C15H7Cl2F3N2O2S. The van der Waals surface area contributed by atoms with Crippen LogP contribution in [0.1, 0.15) is 10.4 Å². The van der Waals surface area contributed by atoms with Crippen LogP contribution in [0.4, 0.5) is 18.3 Å². The molecule has 0 saturated carbocycles. The van der Waals surface area contributed by atoms with Gasteiger partial charge in [-0.3, -0.25) is 10.1 Å². The number of rotatable bonds is 3. The predicted molar refractivity (Wildman–Crippen MR) is 90.7 cm³/mol. The summed E-state index contributed by atoms with van der Waals surface area (Å²) in [6.45, 7) is 0. The highest BCUT2D eigenvalue weighted by Gasteiger charge is 2.31. The van der Waals surface area contributed by atoms with E-state index < -0.39 is 12.3 Å². The average molecular weight is 407 g/mol. The number of ether oxygens (including phenoxy) is 1. The summed E-state index contributed by atoms with van der Waals surface area (Å²) >= 11 is 12.7. The Hall–Kier alpha value is -2.03. The Morgan fingerprint density at radius 1 is 1.12 bits per heavy atom. The monoisotopic (exact) mass is 406 g/mol. The molecule has 130 valence electrons. The second kappa shape index (κ2) is 6.70. The van der Waals surface area contributed by atoms with Crippen LogP contribution >= 0.6 is 34.5 Å². The van der Waals surface area contributed by atoms with E-state index in [2.05, 4.69) is 15.0 Å². The van der Waals surface area contributed by atoms with Gasteiger partial charge in [0.1, 0.15) is 5.75 Å². The van der Waals surface area contributed by atoms with Crippen LogP contribution in [0.3, 0.4) is 0 Å². The van der Waals surface area contributed by atoms with Crippen LogP contribution < -0.4 is 10.1 Å². The highest BCUT2D eigenvalue weighted by molar-refractivity contribution is 7.22. The first-order chi connectivity index (χ1) is 11.7. The SMILES string of the molecule is O=C(Nc1nc2ccc(OC(F)(F)F)cc2s1)c1cc(Cl)cc(Cl)c1. The number of benzene rings is 2. The standard InChI is InChI=1S/C15H7Cl2F3N2O2S/c16-8-3-7(4-9(17)5-8)13(23)22-14-21-11-2-1-10(6-12(11)25-14)24-15(18,19)20/h1-6H,(H,21,22,23). The molecule has 1 aromatic heterocycles. The van der Waals surface area contributed by atoms with E-state index in [-0.39, 0.29) is 16.4 Å². The summed E-state index contributed by atoms with van der Waals surface area (Å²) in [6, 6.07) is 8.08. The van der Waals surface area contributed by atoms with Crippen LogP contribution in [0.5, 0.6) is 5.75 Å². The van der Waals surface area contributed by atoms with Crippen LogP contribution in [-0.4, -0.2) is 17.3 Å². The molecule has 3 aromatic rings. The number of aromatic nitrogens is 1. The Kier molecular flexibility index (Phi) is 4.77. The number of thiazole rings is 1. The number of anilines is 1. The van der Waals surface area contributed by atoms with Gasteiger partial charge in [0.15, 0.2) is 5.13 Å². The van der Waals surface area contributed by atoms with E-state index in [9.17, 15) is 18.0 Å². The van der Waals surface area contributed by atoms with E-state index in [1.165, 1.54) is 30.3 Å². The third-order valence-electron chi connectivity index (χ3n) is 2.94. The summed E-state index contributed by atoms with van der Waals surface area (Å²) in [5.74, 6) is -0.849.